The van der Waals surface area contributed by atoms with Crippen LogP contribution < -0.4 is 11.1 Å². The van der Waals surface area contributed by atoms with E-state index in [-0.39, 0.29) is 0 Å². The average molecular weight is 233 g/mol. The second kappa shape index (κ2) is 4.24. The van der Waals surface area contributed by atoms with Crippen LogP contribution in [-0.2, 0) is 0 Å². The van der Waals surface area contributed by atoms with Gasteiger partial charge >= 0.3 is 0 Å². The van der Waals surface area contributed by atoms with E-state index in [1.165, 1.54) is 0 Å². The number of hydrogen-bond acceptors (Lipinski definition) is 4. The van der Waals surface area contributed by atoms with Gasteiger partial charge in [0.2, 0.25) is 0 Å². The molecule has 0 radical (unpaired) electrons. The third-order valence-corrected chi connectivity index (χ3v) is 2.56. The molecule has 2 rings (SSSR count). The second-order valence-electron chi connectivity index (χ2n) is 5.41. The molecular weight excluding hydrogens is 214 g/mol. The lowest BCUT2D eigenvalue weighted by Gasteiger charge is -2.18. The first kappa shape index (κ1) is 11.7. The normalized spacial score (nSPS) is 11.9. The van der Waals surface area contributed by atoms with Gasteiger partial charge in [-0.1, -0.05) is 20.8 Å². The van der Waals surface area contributed by atoms with Crippen LogP contribution in [0.2, 0.25) is 0 Å². The maximum Gasteiger partial charge on any atom is 0.180 e. The Morgan fingerprint density at radius 3 is 2.88 bits per heavy atom. The molecular formula is C12H19N5. The van der Waals surface area contributed by atoms with Crippen molar-refractivity contribution in [3.8, 4) is 0 Å². The molecule has 92 valence electrons. The summed E-state index contributed by atoms with van der Waals surface area (Å²) < 4.78 is 1.88. The van der Waals surface area contributed by atoms with Crippen LogP contribution in [0.1, 0.15) is 27.2 Å². The number of aromatic nitrogens is 3. The van der Waals surface area contributed by atoms with Crippen LogP contribution in [0.3, 0.4) is 0 Å². The molecule has 0 spiro atoms. The molecule has 0 bridgehead atoms. The van der Waals surface area contributed by atoms with Crippen LogP contribution in [0, 0.1) is 5.41 Å². The van der Waals surface area contributed by atoms with Gasteiger partial charge in [-0.3, -0.25) is 0 Å². The number of fused-ring (bicyclic) bond motifs is 1. The van der Waals surface area contributed by atoms with Crippen molar-refractivity contribution in [2.24, 2.45) is 5.41 Å². The first-order valence-corrected chi connectivity index (χ1v) is 5.79. The Bertz CT molecular complexity index is 509. The fourth-order valence-corrected chi connectivity index (χ4v) is 1.63. The van der Waals surface area contributed by atoms with E-state index in [2.05, 4.69) is 36.1 Å². The second-order valence-corrected chi connectivity index (χ2v) is 5.41. The predicted molar refractivity (Wildman–Crippen MR) is 70.0 cm³/mol. The van der Waals surface area contributed by atoms with E-state index in [0.29, 0.717) is 11.2 Å². The van der Waals surface area contributed by atoms with E-state index in [1.807, 2.05) is 10.6 Å². The van der Waals surface area contributed by atoms with Crippen LogP contribution in [0.25, 0.3) is 5.65 Å². The molecule has 0 aliphatic rings. The number of rotatable bonds is 3. The quantitative estimate of drug-likeness (QED) is 0.852. The monoisotopic (exact) mass is 233 g/mol. The molecule has 5 heteroatoms. The van der Waals surface area contributed by atoms with Crippen molar-refractivity contribution in [3.63, 3.8) is 0 Å². The van der Waals surface area contributed by atoms with Gasteiger partial charge in [0.05, 0.1) is 6.20 Å². The summed E-state index contributed by atoms with van der Waals surface area (Å²) in [4.78, 5) is 8.53. The predicted octanol–water partition coefficient (Wildman–Crippen LogP) is 2.16. The van der Waals surface area contributed by atoms with Crippen LogP contribution >= 0.6 is 0 Å². The van der Waals surface area contributed by atoms with Gasteiger partial charge in [0.1, 0.15) is 5.82 Å². The summed E-state index contributed by atoms with van der Waals surface area (Å²) in [6.45, 7) is 7.51. The molecule has 3 N–H and O–H groups in total. The van der Waals surface area contributed by atoms with Gasteiger partial charge in [-0.05, 0) is 11.8 Å². The van der Waals surface area contributed by atoms with Crippen LogP contribution in [-0.4, -0.2) is 20.9 Å². The highest BCUT2D eigenvalue weighted by molar-refractivity contribution is 5.64. The molecule has 0 amide bonds. The molecule has 17 heavy (non-hydrogen) atoms. The molecule has 0 aliphatic carbocycles. The first-order chi connectivity index (χ1) is 7.96. The lowest BCUT2D eigenvalue weighted by molar-refractivity contribution is 0.389. The zero-order valence-electron chi connectivity index (χ0n) is 10.6. The third kappa shape index (κ3) is 2.87. The topological polar surface area (TPSA) is 68.2 Å². The van der Waals surface area contributed by atoms with Crippen LogP contribution in [0.4, 0.5) is 11.6 Å². The van der Waals surface area contributed by atoms with Gasteiger partial charge in [-0.15, -0.1) is 0 Å². The van der Waals surface area contributed by atoms with Crippen molar-refractivity contribution in [1.82, 2.24) is 14.4 Å². The summed E-state index contributed by atoms with van der Waals surface area (Å²) in [6, 6.07) is 0. The minimum Gasteiger partial charge on any atom is -0.382 e. The molecule has 0 saturated carbocycles. The van der Waals surface area contributed by atoms with Crippen molar-refractivity contribution in [3.05, 3.63) is 18.6 Å². The summed E-state index contributed by atoms with van der Waals surface area (Å²) in [6.07, 6.45) is 6.43. The van der Waals surface area contributed by atoms with Crippen molar-refractivity contribution >= 4 is 17.3 Å². The zero-order valence-corrected chi connectivity index (χ0v) is 10.6. The molecule has 0 aromatic carbocycles. The molecule has 5 nitrogen and oxygen atoms in total. The smallest absolute Gasteiger partial charge is 0.180 e. The van der Waals surface area contributed by atoms with Gasteiger partial charge in [-0.25, -0.2) is 9.97 Å². The molecule has 0 saturated heterocycles. The Hall–Kier alpha value is -1.78. The van der Waals surface area contributed by atoms with Gasteiger partial charge in [0.25, 0.3) is 0 Å². The highest BCUT2D eigenvalue weighted by Gasteiger charge is 2.11. The fraction of sp³-hybridized carbons (Fsp3) is 0.500. The number of imidazole rings is 1. The van der Waals surface area contributed by atoms with Crippen LogP contribution in [0.15, 0.2) is 18.6 Å². The molecule has 0 unspecified atom stereocenters. The number of nitrogens with zero attached hydrogens (tertiary/aromatic N) is 3. The summed E-state index contributed by atoms with van der Waals surface area (Å²) in [5, 5.41) is 3.30. The fourth-order valence-electron chi connectivity index (χ4n) is 1.63. The van der Waals surface area contributed by atoms with Crippen molar-refractivity contribution < 1.29 is 0 Å². The standard InChI is InChI=1S/C12H19N5/c1-12(2,3)4-5-14-10-11-15-6-7-17(11)8-9(13)16-10/h6-8H,4-5,13H2,1-3H3,(H,14,16). The van der Waals surface area contributed by atoms with Gasteiger partial charge in [0, 0.05) is 18.9 Å². The lowest BCUT2D eigenvalue weighted by atomic mass is 9.92. The highest BCUT2D eigenvalue weighted by atomic mass is 15.1. The van der Waals surface area contributed by atoms with E-state index in [0.717, 1.165) is 24.4 Å². The zero-order chi connectivity index (χ0) is 12.5. The molecule has 0 fully saturated rings. The lowest BCUT2D eigenvalue weighted by Crippen LogP contribution is -2.14. The Kier molecular flexibility index (Phi) is 2.92. The SMILES string of the molecule is CC(C)(C)CCNc1nc(N)cn2ccnc12. The van der Waals surface area contributed by atoms with Gasteiger partial charge in [0.15, 0.2) is 11.5 Å². The van der Waals surface area contributed by atoms with Crippen LogP contribution in [0.5, 0.6) is 0 Å². The Balaban J connectivity index is 2.15. The summed E-state index contributed by atoms with van der Waals surface area (Å²) in [7, 11) is 0. The summed E-state index contributed by atoms with van der Waals surface area (Å²) in [5.41, 5.74) is 6.86. The first-order valence-electron chi connectivity index (χ1n) is 5.79. The summed E-state index contributed by atoms with van der Waals surface area (Å²) >= 11 is 0. The van der Waals surface area contributed by atoms with Gasteiger partial charge in [-0.2, -0.15) is 0 Å². The third-order valence-electron chi connectivity index (χ3n) is 2.56. The van der Waals surface area contributed by atoms with Crippen molar-refractivity contribution in [2.45, 2.75) is 27.2 Å². The molecule has 0 atom stereocenters. The number of nitrogens with two attached hydrogens (primary N) is 1. The minimum absolute atomic E-state index is 0.305. The molecule has 2 aromatic rings. The molecule has 2 aromatic heterocycles. The molecule has 0 aliphatic heterocycles. The van der Waals surface area contributed by atoms with Crippen molar-refractivity contribution in [2.75, 3.05) is 17.6 Å². The highest BCUT2D eigenvalue weighted by Crippen LogP contribution is 2.19. The number of nitrogens with one attached hydrogen (secondary N) is 1. The Morgan fingerprint density at radius 2 is 2.18 bits per heavy atom. The number of hydrogen-bond donors (Lipinski definition) is 2. The van der Waals surface area contributed by atoms with Crippen molar-refractivity contribution in [1.29, 1.82) is 0 Å². The largest absolute Gasteiger partial charge is 0.382 e. The summed E-state index contributed by atoms with van der Waals surface area (Å²) in [5.74, 6) is 1.24. The Morgan fingerprint density at radius 1 is 1.41 bits per heavy atom. The number of anilines is 2. The minimum atomic E-state index is 0.305. The van der Waals surface area contributed by atoms with E-state index in [4.69, 9.17) is 5.73 Å². The maximum atomic E-state index is 5.74. The van der Waals surface area contributed by atoms with E-state index < -0.39 is 0 Å². The van der Waals surface area contributed by atoms with E-state index in [9.17, 15) is 0 Å². The van der Waals surface area contributed by atoms with Gasteiger partial charge < -0.3 is 15.5 Å². The van der Waals surface area contributed by atoms with E-state index >= 15 is 0 Å². The maximum absolute atomic E-state index is 5.74. The van der Waals surface area contributed by atoms with E-state index in [1.54, 1.807) is 12.4 Å². The average Bonchev–Trinajstić information content (AvgIpc) is 2.63. The Labute approximate surface area is 101 Å². The number of nitrogen functional groups attached to an aromatic ring is 1. The molecule has 2 heterocycles.